The molecule has 2 N–H and O–H groups in total. The number of ether oxygens (including phenoxy) is 1. The van der Waals surface area contributed by atoms with Crippen LogP contribution in [0.4, 0.5) is 0 Å². The summed E-state index contributed by atoms with van der Waals surface area (Å²) in [5.41, 5.74) is 13.0. The van der Waals surface area contributed by atoms with Gasteiger partial charge in [-0.25, -0.2) is 9.97 Å². The molecule has 1 saturated heterocycles. The van der Waals surface area contributed by atoms with Crippen LogP contribution < -0.4 is 5.73 Å². The number of fused-ring (bicyclic) bond motifs is 2. The quantitative estimate of drug-likeness (QED) is 0.246. The lowest BCUT2D eigenvalue weighted by atomic mass is 9.95. The lowest BCUT2D eigenvalue weighted by molar-refractivity contribution is -0.132. The van der Waals surface area contributed by atoms with Gasteiger partial charge in [-0.3, -0.25) is 4.79 Å². The van der Waals surface area contributed by atoms with E-state index in [-0.39, 0.29) is 17.9 Å². The van der Waals surface area contributed by atoms with E-state index in [1.165, 1.54) is 0 Å². The summed E-state index contributed by atoms with van der Waals surface area (Å²) in [5.74, 6) is 1.43. The molecule has 2 unspecified atom stereocenters. The van der Waals surface area contributed by atoms with Crippen LogP contribution in [0.25, 0.3) is 27.8 Å². The SMILES string of the molecule is COCCCn1c(C2CCCN(C(=O)CC(N)Cc3ccc(-c4ccc5nccn5c4)cc3)C2)nc2ccccc21. The van der Waals surface area contributed by atoms with Gasteiger partial charge in [-0.05, 0) is 66.6 Å². The van der Waals surface area contributed by atoms with E-state index in [0.717, 1.165) is 71.5 Å². The van der Waals surface area contributed by atoms with E-state index >= 15 is 0 Å². The maximum absolute atomic E-state index is 13.4. The molecule has 1 fully saturated rings. The number of para-hydroxylation sites is 2. The molecule has 3 aromatic heterocycles. The van der Waals surface area contributed by atoms with E-state index in [9.17, 15) is 4.79 Å². The van der Waals surface area contributed by atoms with Gasteiger partial charge in [-0.1, -0.05) is 36.4 Å². The molecule has 212 valence electrons. The number of hydrogen-bond donors (Lipinski definition) is 1. The number of aromatic nitrogens is 4. The lowest BCUT2D eigenvalue weighted by Crippen LogP contribution is -2.42. The number of amides is 1. The average molecular weight is 551 g/mol. The number of hydrogen-bond acceptors (Lipinski definition) is 5. The third kappa shape index (κ3) is 6.04. The number of aryl methyl sites for hydroxylation is 1. The van der Waals surface area contributed by atoms with Gasteiger partial charge in [0.05, 0.1) is 11.0 Å². The molecule has 0 bridgehead atoms. The number of carbonyl (C=O) groups excluding carboxylic acids is 1. The fourth-order valence-electron chi connectivity index (χ4n) is 6.07. The van der Waals surface area contributed by atoms with E-state index < -0.39 is 0 Å². The van der Waals surface area contributed by atoms with Gasteiger partial charge in [-0.2, -0.15) is 0 Å². The Morgan fingerprint density at radius 1 is 1.10 bits per heavy atom. The number of pyridine rings is 1. The molecule has 0 saturated carbocycles. The Bertz CT molecular complexity index is 1620. The van der Waals surface area contributed by atoms with Crippen molar-refractivity contribution in [2.75, 3.05) is 26.8 Å². The van der Waals surface area contributed by atoms with Gasteiger partial charge in [0, 0.05) is 70.3 Å². The van der Waals surface area contributed by atoms with Gasteiger partial charge in [0.2, 0.25) is 5.91 Å². The van der Waals surface area contributed by atoms with Crippen LogP contribution >= 0.6 is 0 Å². The number of benzene rings is 2. The number of piperidine rings is 1. The highest BCUT2D eigenvalue weighted by Gasteiger charge is 2.29. The summed E-state index contributed by atoms with van der Waals surface area (Å²) < 4.78 is 9.65. The lowest BCUT2D eigenvalue weighted by Gasteiger charge is -2.33. The standard InChI is InChI=1S/C33H38N6O2/c1-41-19-5-17-39-30-8-3-2-7-29(30)36-33(39)27-6-4-16-38(23-27)32(40)21-28(34)20-24-9-11-25(12-10-24)26-13-14-31-35-15-18-37(31)22-26/h2-3,7-15,18,22,27-28H,4-6,16-17,19-21,23,34H2,1H3. The first-order valence-electron chi connectivity index (χ1n) is 14.6. The Balaban J connectivity index is 1.08. The number of nitrogens with zero attached hydrogens (tertiary/aromatic N) is 5. The molecule has 4 heterocycles. The highest BCUT2D eigenvalue weighted by Crippen LogP contribution is 2.30. The third-order valence-corrected chi connectivity index (χ3v) is 8.16. The molecule has 1 amide bonds. The molecule has 8 heteroatoms. The maximum Gasteiger partial charge on any atom is 0.224 e. The Morgan fingerprint density at radius 2 is 1.93 bits per heavy atom. The molecule has 8 nitrogen and oxygen atoms in total. The maximum atomic E-state index is 13.4. The molecule has 5 aromatic rings. The second-order valence-corrected chi connectivity index (χ2v) is 11.1. The number of methoxy groups -OCH3 is 1. The van der Waals surface area contributed by atoms with E-state index in [1.54, 1.807) is 13.3 Å². The second kappa shape index (κ2) is 12.2. The van der Waals surface area contributed by atoms with Crippen LogP contribution in [0.5, 0.6) is 0 Å². The first-order chi connectivity index (χ1) is 20.1. The van der Waals surface area contributed by atoms with Crippen molar-refractivity contribution in [3.05, 3.63) is 90.6 Å². The Morgan fingerprint density at radius 3 is 2.78 bits per heavy atom. The van der Waals surface area contributed by atoms with Crippen LogP contribution in [0.2, 0.25) is 0 Å². The Labute approximate surface area is 240 Å². The molecule has 41 heavy (non-hydrogen) atoms. The smallest absolute Gasteiger partial charge is 0.224 e. The predicted molar refractivity (Wildman–Crippen MR) is 162 cm³/mol. The van der Waals surface area contributed by atoms with E-state index in [0.29, 0.717) is 26.0 Å². The highest BCUT2D eigenvalue weighted by atomic mass is 16.5. The van der Waals surface area contributed by atoms with Crippen LogP contribution in [0.15, 0.2) is 79.3 Å². The average Bonchev–Trinajstić information content (AvgIpc) is 3.62. The van der Waals surface area contributed by atoms with E-state index in [2.05, 4.69) is 64.3 Å². The minimum atomic E-state index is -0.227. The minimum Gasteiger partial charge on any atom is -0.385 e. The molecule has 6 rings (SSSR count). The van der Waals surface area contributed by atoms with Crippen molar-refractivity contribution in [1.82, 2.24) is 23.8 Å². The summed E-state index contributed by atoms with van der Waals surface area (Å²) >= 11 is 0. The summed E-state index contributed by atoms with van der Waals surface area (Å²) in [6.07, 6.45) is 9.78. The molecule has 0 radical (unpaired) electrons. The van der Waals surface area contributed by atoms with Gasteiger partial charge in [0.1, 0.15) is 11.5 Å². The largest absolute Gasteiger partial charge is 0.385 e. The van der Waals surface area contributed by atoms with Gasteiger partial charge >= 0.3 is 0 Å². The van der Waals surface area contributed by atoms with Crippen molar-refractivity contribution in [1.29, 1.82) is 0 Å². The fraction of sp³-hybridized carbons (Fsp3) is 0.364. The van der Waals surface area contributed by atoms with Crippen LogP contribution in [0, 0.1) is 0 Å². The first-order valence-corrected chi connectivity index (χ1v) is 14.6. The van der Waals surface area contributed by atoms with Crippen molar-refractivity contribution < 1.29 is 9.53 Å². The zero-order chi connectivity index (χ0) is 28.2. The zero-order valence-corrected chi connectivity index (χ0v) is 23.7. The molecular weight excluding hydrogens is 512 g/mol. The number of carbonyl (C=O) groups is 1. The molecule has 1 aliphatic heterocycles. The normalized spacial score (nSPS) is 16.4. The van der Waals surface area contributed by atoms with Crippen molar-refractivity contribution in [2.24, 2.45) is 5.73 Å². The number of imidazole rings is 2. The van der Waals surface area contributed by atoms with Crippen molar-refractivity contribution in [3.63, 3.8) is 0 Å². The van der Waals surface area contributed by atoms with Crippen LogP contribution in [0.3, 0.4) is 0 Å². The molecule has 0 aliphatic carbocycles. The van der Waals surface area contributed by atoms with Crippen LogP contribution in [0.1, 0.15) is 43.0 Å². The highest BCUT2D eigenvalue weighted by molar-refractivity contribution is 5.78. The predicted octanol–water partition coefficient (Wildman–Crippen LogP) is 5.05. The molecule has 1 aliphatic rings. The van der Waals surface area contributed by atoms with Crippen molar-refractivity contribution in [2.45, 2.75) is 50.6 Å². The van der Waals surface area contributed by atoms with Gasteiger partial charge in [0.25, 0.3) is 0 Å². The molecule has 2 aromatic carbocycles. The summed E-state index contributed by atoms with van der Waals surface area (Å²) in [4.78, 5) is 24.7. The second-order valence-electron chi connectivity index (χ2n) is 11.1. The van der Waals surface area contributed by atoms with Crippen LogP contribution in [-0.4, -0.2) is 62.6 Å². The summed E-state index contributed by atoms with van der Waals surface area (Å²) in [6.45, 7) is 3.04. The minimum absolute atomic E-state index is 0.134. The first kappa shape index (κ1) is 27.2. The third-order valence-electron chi connectivity index (χ3n) is 8.16. The topological polar surface area (TPSA) is 90.7 Å². The summed E-state index contributed by atoms with van der Waals surface area (Å²) in [7, 11) is 1.74. The Hall–Kier alpha value is -4.01. The molecule has 2 atom stereocenters. The van der Waals surface area contributed by atoms with Gasteiger partial charge in [0.15, 0.2) is 0 Å². The molecular formula is C33H38N6O2. The number of rotatable bonds is 10. The Kier molecular flexibility index (Phi) is 8.11. The van der Waals surface area contributed by atoms with Gasteiger partial charge in [-0.15, -0.1) is 0 Å². The van der Waals surface area contributed by atoms with Crippen LogP contribution in [-0.2, 0) is 22.5 Å². The molecule has 0 spiro atoms. The fourth-order valence-corrected chi connectivity index (χ4v) is 6.07. The van der Waals surface area contributed by atoms with E-state index in [1.807, 2.05) is 27.6 Å². The summed E-state index contributed by atoms with van der Waals surface area (Å²) in [6, 6.07) is 20.6. The summed E-state index contributed by atoms with van der Waals surface area (Å²) in [5, 5.41) is 0. The zero-order valence-electron chi connectivity index (χ0n) is 23.7. The van der Waals surface area contributed by atoms with E-state index in [4.69, 9.17) is 15.5 Å². The number of nitrogens with two attached hydrogens (primary N) is 1. The van der Waals surface area contributed by atoms with Crippen molar-refractivity contribution >= 4 is 22.6 Å². The number of likely N-dealkylation sites (tertiary alicyclic amines) is 1. The monoisotopic (exact) mass is 550 g/mol. The van der Waals surface area contributed by atoms with Crippen molar-refractivity contribution in [3.8, 4) is 11.1 Å². The van der Waals surface area contributed by atoms with Gasteiger partial charge < -0.3 is 24.3 Å².